The van der Waals surface area contributed by atoms with Crippen LogP contribution in [-0.4, -0.2) is 19.9 Å². The first-order chi connectivity index (χ1) is 10.5. The Morgan fingerprint density at radius 3 is 2.41 bits per heavy atom. The molecule has 1 aromatic heterocycles. The number of para-hydroxylation sites is 1. The topological polar surface area (TPSA) is 122 Å². The van der Waals surface area contributed by atoms with Gasteiger partial charge in [0.1, 0.15) is 0 Å². The average Bonchev–Trinajstić information content (AvgIpc) is 2.90. The van der Waals surface area contributed by atoms with Crippen LogP contribution in [0.3, 0.4) is 0 Å². The van der Waals surface area contributed by atoms with Crippen LogP contribution in [0.5, 0.6) is 5.75 Å². The zero-order valence-electron chi connectivity index (χ0n) is 11.0. The van der Waals surface area contributed by atoms with Crippen molar-refractivity contribution < 1.29 is 15.0 Å². The van der Waals surface area contributed by atoms with Gasteiger partial charge >= 0.3 is 5.69 Å². The molecule has 0 bridgehead atoms. The number of aromatic hydroxyl groups is 1. The summed E-state index contributed by atoms with van der Waals surface area (Å²) >= 11 is 0. The Labute approximate surface area is 122 Å². The van der Waals surface area contributed by atoms with Crippen molar-refractivity contribution in [3.05, 3.63) is 62.8 Å². The van der Waals surface area contributed by atoms with Gasteiger partial charge in [0.2, 0.25) is 5.75 Å². The Balaban J connectivity index is 2.34. The molecule has 0 amide bonds. The monoisotopic (exact) mass is 299 g/mol. The summed E-state index contributed by atoms with van der Waals surface area (Å²) in [7, 11) is 0. The molecule has 2 aromatic carbocycles. The molecule has 8 heteroatoms. The number of non-ortho nitro benzene ring substituents is 1. The number of nitro benzene ring substituents is 2. The number of fused-ring (bicyclic) bond motifs is 1. The first-order valence-corrected chi connectivity index (χ1v) is 6.21. The lowest BCUT2D eigenvalue weighted by Crippen LogP contribution is -1.95. The second-order valence-electron chi connectivity index (χ2n) is 4.62. The number of aromatic nitrogens is 1. The first-order valence-electron chi connectivity index (χ1n) is 6.21. The van der Waals surface area contributed by atoms with Crippen LogP contribution in [0.25, 0.3) is 22.0 Å². The van der Waals surface area contributed by atoms with E-state index >= 15 is 0 Å². The van der Waals surface area contributed by atoms with E-state index in [0.717, 1.165) is 17.6 Å². The smallest absolute Gasteiger partial charge is 0.318 e. The number of H-pyrrole nitrogens is 1. The zero-order chi connectivity index (χ0) is 15.9. The lowest BCUT2D eigenvalue weighted by Gasteiger charge is -2.04. The van der Waals surface area contributed by atoms with E-state index < -0.39 is 27.0 Å². The molecule has 8 nitrogen and oxygen atoms in total. The minimum Gasteiger partial charge on any atom is -0.502 e. The van der Waals surface area contributed by atoms with Crippen molar-refractivity contribution in [1.29, 1.82) is 0 Å². The van der Waals surface area contributed by atoms with E-state index in [1.54, 1.807) is 30.5 Å². The lowest BCUT2D eigenvalue weighted by molar-refractivity contribution is -0.394. The highest BCUT2D eigenvalue weighted by Gasteiger charge is 2.25. The van der Waals surface area contributed by atoms with Gasteiger partial charge in [-0.05, 0) is 6.07 Å². The quantitative estimate of drug-likeness (QED) is 0.567. The van der Waals surface area contributed by atoms with Gasteiger partial charge in [-0.15, -0.1) is 0 Å². The van der Waals surface area contributed by atoms with Gasteiger partial charge in [-0.1, -0.05) is 18.2 Å². The van der Waals surface area contributed by atoms with Gasteiger partial charge in [0, 0.05) is 34.3 Å². The molecule has 0 spiro atoms. The fraction of sp³-hybridized carbons (Fsp3) is 0. The molecule has 22 heavy (non-hydrogen) atoms. The van der Waals surface area contributed by atoms with Crippen molar-refractivity contribution in [2.45, 2.75) is 0 Å². The Bertz CT molecular complexity index is 916. The number of phenols is 1. The van der Waals surface area contributed by atoms with Crippen LogP contribution < -0.4 is 0 Å². The third kappa shape index (κ3) is 2.03. The summed E-state index contributed by atoms with van der Waals surface area (Å²) in [6.07, 6.45) is 1.55. The van der Waals surface area contributed by atoms with Crippen LogP contribution in [0.4, 0.5) is 11.4 Å². The first kappa shape index (κ1) is 13.6. The van der Waals surface area contributed by atoms with Crippen LogP contribution in [0.15, 0.2) is 42.6 Å². The summed E-state index contributed by atoms with van der Waals surface area (Å²) in [5.41, 5.74) is 0.101. The molecule has 3 rings (SSSR count). The average molecular weight is 299 g/mol. The number of aromatic amines is 1. The number of nitrogens with one attached hydrogen (secondary N) is 1. The molecule has 2 N–H and O–H groups in total. The highest BCUT2D eigenvalue weighted by atomic mass is 16.6. The van der Waals surface area contributed by atoms with Crippen molar-refractivity contribution in [2.24, 2.45) is 0 Å². The maximum absolute atomic E-state index is 11.0. The maximum atomic E-state index is 11.0. The van der Waals surface area contributed by atoms with Crippen molar-refractivity contribution in [1.82, 2.24) is 4.98 Å². The maximum Gasteiger partial charge on any atom is 0.318 e. The molecule has 0 aliphatic carbocycles. The Morgan fingerprint density at radius 1 is 1.00 bits per heavy atom. The van der Waals surface area contributed by atoms with Gasteiger partial charge in [0.15, 0.2) is 0 Å². The lowest BCUT2D eigenvalue weighted by atomic mass is 10.0. The molecule has 0 radical (unpaired) electrons. The Kier molecular flexibility index (Phi) is 2.99. The number of phenolic OH excluding ortho intramolecular Hbond substituents is 1. The van der Waals surface area contributed by atoms with Gasteiger partial charge in [0.25, 0.3) is 5.69 Å². The Morgan fingerprint density at radius 2 is 1.73 bits per heavy atom. The van der Waals surface area contributed by atoms with E-state index in [9.17, 15) is 25.3 Å². The summed E-state index contributed by atoms with van der Waals surface area (Å²) in [5, 5.41) is 32.8. The highest BCUT2D eigenvalue weighted by molar-refractivity contribution is 5.98. The van der Waals surface area contributed by atoms with E-state index in [1.807, 2.05) is 0 Å². The number of hydrogen-bond donors (Lipinski definition) is 2. The van der Waals surface area contributed by atoms with Crippen LogP contribution in [-0.2, 0) is 0 Å². The molecule has 0 unspecified atom stereocenters. The molecule has 0 saturated heterocycles. The van der Waals surface area contributed by atoms with E-state index in [2.05, 4.69) is 4.98 Å². The van der Waals surface area contributed by atoms with E-state index in [4.69, 9.17) is 0 Å². The normalized spacial score (nSPS) is 10.7. The molecule has 0 fully saturated rings. The molecule has 0 aliphatic rings. The van der Waals surface area contributed by atoms with E-state index in [1.165, 1.54) is 0 Å². The minimum absolute atomic E-state index is 0.0401. The molecular formula is C14H9N3O5. The van der Waals surface area contributed by atoms with Gasteiger partial charge < -0.3 is 10.1 Å². The standard InChI is InChI=1S/C14H9N3O5/c18-14-10(5-8(16(19)20)6-13(14)17(21)22)11-7-15-12-4-2-1-3-9(11)12/h1-7,15,18H. The number of nitro groups is 2. The van der Waals surface area contributed by atoms with Crippen LogP contribution in [0.1, 0.15) is 0 Å². The summed E-state index contributed by atoms with van der Waals surface area (Å²) in [5.74, 6) is -0.597. The summed E-state index contributed by atoms with van der Waals surface area (Å²) in [6.45, 7) is 0. The third-order valence-corrected chi connectivity index (χ3v) is 3.36. The molecule has 110 valence electrons. The molecule has 3 aromatic rings. The third-order valence-electron chi connectivity index (χ3n) is 3.36. The van der Waals surface area contributed by atoms with Gasteiger partial charge in [0.05, 0.1) is 15.9 Å². The molecule has 0 saturated carbocycles. The van der Waals surface area contributed by atoms with Crippen LogP contribution in [0, 0.1) is 20.2 Å². The van der Waals surface area contributed by atoms with Crippen LogP contribution in [0.2, 0.25) is 0 Å². The zero-order valence-corrected chi connectivity index (χ0v) is 11.0. The van der Waals surface area contributed by atoms with Crippen molar-refractivity contribution in [3.63, 3.8) is 0 Å². The van der Waals surface area contributed by atoms with Crippen LogP contribution >= 0.6 is 0 Å². The largest absolute Gasteiger partial charge is 0.502 e. The Hall–Kier alpha value is -3.42. The van der Waals surface area contributed by atoms with Gasteiger partial charge in [-0.2, -0.15) is 0 Å². The SMILES string of the molecule is O=[N+]([O-])c1cc(-c2c[nH]c3ccccc23)c(O)c([N+](=O)[O-])c1. The summed E-state index contributed by atoms with van der Waals surface area (Å²) in [4.78, 5) is 23.3. The number of nitrogens with zero attached hydrogens (tertiary/aromatic N) is 2. The molecule has 1 heterocycles. The summed E-state index contributed by atoms with van der Waals surface area (Å²) < 4.78 is 0. The molecular weight excluding hydrogens is 290 g/mol. The minimum atomic E-state index is -0.847. The predicted octanol–water partition coefficient (Wildman–Crippen LogP) is 3.36. The van der Waals surface area contributed by atoms with Crippen molar-refractivity contribution in [2.75, 3.05) is 0 Å². The summed E-state index contributed by atoms with van der Waals surface area (Å²) in [6, 6.07) is 8.99. The molecule has 0 atom stereocenters. The van der Waals surface area contributed by atoms with Gasteiger partial charge in [-0.3, -0.25) is 20.2 Å². The second kappa shape index (κ2) is 4.85. The number of benzene rings is 2. The predicted molar refractivity (Wildman–Crippen MR) is 78.7 cm³/mol. The number of hydrogen-bond acceptors (Lipinski definition) is 5. The fourth-order valence-corrected chi connectivity index (χ4v) is 2.35. The van der Waals surface area contributed by atoms with E-state index in [-0.39, 0.29) is 5.56 Å². The van der Waals surface area contributed by atoms with Crippen molar-refractivity contribution >= 4 is 22.3 Å². The highest BCUT2D eigenvalue weighted by Crippen LogP contribution is 2.42. The van der Waals surface area contributed by atoms with Crippen molar-refractivity contribution in [3.8, 4) is 16.9 Å². The number of rotatable bonds is 3. The molecule has 0 aliphatic heterocycles. The fourth-order valence-electron chi connectivity index (χ4n) is 2.35. The van der Waals surface area contributed by atoms with E-state index in [0.29, 0.717) is 10.9 Å². The van der Waals surface area contributed by atoms with Gasteiger partial charge in [-0.25, -0.2) is 0 Å². The second-order valence-corrected chi connectivity index (χ2v) is 4.62.